The van der Waals surface area contributed by atoms with Gasteiger partial charge in [0.05, 0.1) is 12.6 Å². The molecule has 2 aliphatic heterocycles. The van der Waals surface area contributed by atoms with Crippen LogP contribution in [0.25, 0.3) is 10.9 Å². The van der Waals surface area contributed by atoms with Crippen LogP contribution in [0.5, 0.6) is 5.75 Å². The second kappa shape index (κ2) is 7.28. The molecule has 144 valence electrons. The van der Waals surface area contributed by atoms with Crippen LogP contribution >= 0.6 is 0 Å². The summed E-state index contributed by atoms with van der Waals surface area (Å²) in [6.07, 6.45) is 3.78. The van der Waals surface area contributed by atoms with Crippen molar-refractivity contribution in [3.8, 4) is 5.75 Å². The number of pyridine rings is 2. The highest BCUT2D eigenvalue weighted by Gasteiger charge is 2.34. The Balaban J connectivity index is 1.23. The van der Waals surface area contributed by atoms with Crippen LogP contribution in [0, 0.1) is 0 Å². The predicted molar refractivity (Wildman–Crippen MR) is 112 cm³/mol. The van der Waals surface area contributed by atoms with Crippen molar-refractivity contribution in [1.29, 1.82) is 0 Å². The first kappa shape index (κ1) is 17.3. The van der Waals surface area contributed by atoms with Gasteiger partial charge in [-0.15, -0.1) is 0 Å². The van der Waals surface area contributed by atoms with Gasteiger partial charge in [-0.05, 0) is 36.4 Å². The van der Waals surface area contributed by atoms with E-state index in [9.17, 15) is 0 Å². The Kier molecular flexibility index (Phi) is 4.49. The van der Waals surface area contributed by atoms with Gasteiger partial charge in [0.15, 0.2) is 0 Å². The summed E-state index contributed by atoms with van der Waals surface area (Å²) in [5, 5.41) is 1.17. The summed E-state index contributed by atoms with van der Waals surface area (Å²) in [4.78, 5) is 16.5. The van der Waals surface area contributed by atoms with Crippen LogP contribution in [-0.4, -0.2) is 67.3 Å². The summed E-state index contributed by atoms with van der Waals surface area (Å²) in [6, 6.07) is 15.0. The summed E-state index contributed by atoms with van der Waals surface area (Å²) in [5.74, 6) is 1.97. The van der Waals surface area contributed by atoms with E-state index in [0.717, 1.165) is 56.4 Å². The molecule has 0 bridgehead atoms. The van der Waals surface area contributed by atoms with E-state index in [1.54, 1.807) is 7.11 Å². The Morgan fingerprint density at radius 1 is 0.893 bits per heavy atom. The molecule has 4 heterocycles. The first-order valence-corrected chi connectivity index (χ1v) is 9.89. The molecule has 2 fully saturated rings. The summed E-state index contributed by atoms with van der Waals surface area (Å²) in [7, 11) is 1.71. The number of fused-ring (bicyclic) bond motifs is 1. The van der Waals surface area contributed by atoms with Gasteiger partial charge in [-0.25, -0.2) is 4.98 Å². The lowest BCUT2D eigenvalue weighted by Gasteiger charge is -2.49. The summed E-state index contributed by atoms with van der Waals surface area (Å²) in [6.45, 7) is 6.42. The van der Waals surface area contributed by atoms with Gasteiger partial charge in [0, 0.05) is 68.8 Å². The first-order chi connectivity index (χ1) is 13.8. The fourth-order valence-electron chi connectivity index (χ4n) is 4.25. The molecule has 5 rings (SSSR count). The van der Waals surface area contributed by atoms with E-state index in [0.29, 0.717) is 6.04 Å². The molecule has 0 atom stereocenters. The number of aromatic nitrogens is 2. The second-order valence-electron chi connectivity index (χ2n) is 7.48. The number of anilines is 2. The lowest BCUT2D eigenvalue weighted by Crippen LogP contribution is -2.63. The van der Waals surface area contributed by atoms with Crippen molar-refractivity contribution in [3.63, 3.8) is 0 Å². The van der Waals surface area contributed by atoms with Crippen molar-refractivity contribution in [2.45, 2.75) is 6.04 Å². The molecular weight excluding hydrogens is 350 g/mol. The number of hydrogen-bond acceptors (Lipinski definition) is 6. The summed E-state index contributed by atoms with van der Waals surface area (Å²) in [5.41, 5.74) is 2.28. The Bertz CT molecular complexity index is 950. The van der Waals surface area contributed by atoms with E-state index in [2.05, 4.69) is 48.9 Å². The fraction of sp³-hybridized carbons (Fsp3) is 0.364. The van der Waals surface area contributed by atoms with Crippen LogP contribution in [0.15, 0.2) is 54.9 Å². The molecule has 0 spiro atoms. The smallest absolute Gasteiger partial charge is 0.128 e. The van der Waals surface area contributed by atoms with Gasteiger partial charge in [-0.1, -0.05) is 6.07 Å². The van der Waals surface area contributed by atoms with E-state index in [-0.39, 0.29) is 0 Å². The average Bonchev–Trinajstić information content (AvgIpc) is 2.73. The van der Waals surface area contributed by atoms with Crippen LogP contribution in [-0.2, 0) is 0 Å². The molecule has 0 unspecified atom stereocenters. The lowest BCUT2D eigenvalue weighted by atomic mass is 10.0. The Morgan fingerprint density at radius 2 is 1.75 bits per heavy atom. The number of ether oxygens (including phenoxy) is 1. The fourth-order valence-corrected chi connectivity index (χ4v) is 4.25. The molecule has 1 aromatic carbocycles. The highest BCUT2D eigenvalue weighted by molar-refractivity contribution is 5.93. The summed E-state index contributed by atoms with van der Waals surface area (Å²) >= 11 is 0. The molecule has 6 heteroatoms. The largest absolute Gasteiger partial charge is 0.497 e. The van der Waals surface area contributed by atoms with Gasteiger partial charge in [0.2, 0.25) is 0 Å². The van der Waals surface area contributed by atoms with Crippen molar-refractivity contribution in [2.75, 3.05) is 56.2 Å². The minimum absolute atomic E-state index is 0.625. The monoisotopic (exact) mass is 375 g/mol. The van der Waals surface area contributed by atoms with E-state index >= 15 is 0 Å². The van der Waals surface area contributed by atoms with Crippen molar-refractivity contribution >= 4 is 22.4 Å². The summed E-state index contributed by atoms with van der Waals surface area (Å²) < 4.78 is 5.41. The number of nitrogens with zero attached hydrogens (tertiary/aromatic N) is 5. The molecule has 6 nitrogen and oxygen atoms in total. The Hall–Kier alpha value is -2.86. The molecule has 0 N–H and O–H groups in total. The molecular formula is C22H25N5O. The van der Waals surface area contributed by atoms with E-state index in [1.165, 1.54) is 11.1 Å². The van der Waals surface area contributed by atoms with Crippen molar-refractivity contribution in [1.82, 2.24) is 14.9 Å². The van der Waals surface area contributed by atoms with Crippen molar-refractivity contribution in [3.05, 3.63) is 54.9 Å². The highest BCUT2D eigenvalue weighted by atomic mass is 16.5. The number of benzene rings is 1. The molecule has 0 amide bonds. The van der Waals surface area contributed by atoms with Crippen LogP contribution < -0.4 is 14.5 Å². The van der Waals surface area contributed by atoms with E-state index < -0.39 is 0 Å². The van der Waals surface area contributed by atoms with Gasteiger partial charge >= 0.3 is 0 Å². The third kappa shape index (κ3) is 3.14. The van der Waals surface area contributed by atoms with Gasteiger partial charge in [-0.3, -0.25) is 9.88 Å². The van der Waals surface area contributed by atoms with Crippen molar-refractivity contribution in [2.24, 2.45) is 0 Å². The number of piperazine rings is 1. The second-order valence-corrected chi connectivity index (χ2v) is 7.48. The normalized spacial score (nSPS) is 18.3. The van der Waals surface area contributed by atoms with Gasteiger partial charge in [-0.2, -0.15) is 0 Å². The molecule has 0 radical (unpaired) electrons. The molecule has 0 saturated carbocycles. The van der Waals surface area contributed by atoms with Gasteiger partial charge in [0.1, 0.15) is 11.6 Å². The van der Waals surface area contributed by atoms with Crippen LogP contribution in [0.3, 0.4) is 0 Å². The quantitative estimate of drug-likeness (QED) is 0.699. The SMILES string of the molecule is COc1ccc2nccc(N3CC(N4CCN(c5ccccn5)CC4)C3)c2c1. The standard InChI is InChI=1S/C22H25N5O/c1-28-18-5-6-20-19(14-18)21(7-9-23-20)27-15-17(16-27)25-10-12-26(13-11-25)22-4-2-3-8-24-22/h2-9,14,17H,10-13,15-16H2,1H3. The molecule has 2 saturated heterocycles. The average molecular weight is 375 g/mol. The van der Waals surface area contributed by atoms with Crippen molar-refractivity contribution < 1.29 is 4.74 Å². The van der Waals surface area contributed by atoms with Gasteiger partial charge in [0.25, 0.3) is 0 Å². The van der Waals surface area contributed by atoms with E-state index in [4.69, 9.17) is 4.74 Å². The Labute approximate surface area is 165 Å². The first-order valence-electron chi connectivity index (χ1n) is 9.89. The maximum atomic E-state index is 5.41. The molecule has 28 heavy (non-hydrogen) atoms. The minimum Gasteiger partial charge on any atom is -0.497 e. The minimum atomic E-state index is 0.625. The van der Waals surface area contributed by atoms with Crippen LogP contribution in [0.1, 0.15) is 0 Å². The zero-order valence-corrected chi connectivity index (χ0v) is 16.2. The molecule has 3 aromatic rings. The third-order valence-corrected chi connectivity index (χ3v) is 5.93. The zero-order chi connectivity index (χ0) is 18.9. The number of rotatable bonds is 4. The topological polar surface area (TPSA) is 44.7 Å². The van der Waals surface area contributed by atoms with E-state index in [1.807, 2.05) is 30.6 Å². The Morgan fingerprint density at radius 3 is 2.50 bits per heavy atom. The zero-order valence-electron chi connectivity index (χ0n) is 16.2. The lowest BCUT2D eigenvalue weighted by molar-refractivity contribution is 0.157. The number of hydrogen-bond donors (Lipinski definition) is 0. The molecule has 2 aromatic heterocycles. The number of methoxy groups -OCH3 is 1. The maximum absolute atomic E-state index is 5.41. The highest BCUT2D eigenvalue weighted by Crippen LogP contribution is 2.32. The maximum Gasteiger partial charge on any atom is 0.128 e. The predicted octanol–water partition coefficient (Wildman–Crippen LogP) is 2.65. The third-order valence-electron chi connectivity index (χ3n) is 5.93. The van der Waals surface area contributed by atoms with Gasteiger partial charge < -0.3 is 14.5 Å². The van der Waals surface area contributed by atoms with Crippen LogP contribution in [0.2, 0.25) is 0 Å². The molecule has 0 aliphatic carbocycles. The molecule has 2 aliphatic rings. The van der Waals surface area contributed by atoms with Crippen LogP contribution in [0.4, 0.5) is 11.5 Å².